The Morgan fingerprint density at radius 3 is 2.64 bits per heavy atom. The Hall–Kier alpha value is -1.72. The molecule has 0 heterocycles. The summed E-state index contributed by atoms with van der Waals surface area (Å²) in [6.45, 7) is 3.26. The quantitative estimate of drug-likeness (QED) is 0.465. The highest BCUT2D eigenvalue weighted by Gasteiger charge is 2.05. The molecule has 0 atom stereocenters. The fourth-order valence-corrected chi connectivity index (χ4v) is 0.690. The van der Waals surface area contributed by atoms with Crippen molar-refractivity contribution in [3.63, 3.8) is 0 Å². The summed E-state index contributed by atoms with van der Waals surface area (Å²) in [4.78, 5) is 21.0. The van der Waals surface area contributed by atoms with E-state index in [1.807, 2.05) is 0 Å². The maximum Gasteiger partial charge on any atom is 0.325 e. The predicted molar refractivity (Wildman–Crippen MR) is 48.9 cm³/mol. The van der Waals surface area contributed by atoms with Crippen LogP contribution in [0.1, 0.15) is 13.8 Å². The van der Waals surface area contributed by atoms with Crippen molar-refractivity contribution in [2.24, 2.45) is 0 Å². The molecule has 6 nitrogen and oxygen atoms in total. The van der Waals surface area contributed by atoms with Crippen LogP contribution in [0, 0.1) is 0 Å². The van der Waals surface area contributed by atoms with Crippen LogP contribution >= 0.6 is 0 Å². The van der Waals surface area contributed by atoms with Gasteiger partial charge in [0.15, 0.2) is 0 Å². The van der Waals surface area contributed by atoms with Gasteiger partial charge in [-0.3, -0.25) is 20.0 Å². The molecule has 1 amide bonds. The number of carboxylic acid groups (broad SMARTS) is 1. The molecule has 0 bridgehead atoms. The molecule has 0 aromatic heterocycles. The van der Waals surface area contributed by atoms with E-state index < -0.39 is 5.97 Å². The standard InChI is InChI=1S/C8H14N2O4/c1-3-14-5-4-10(6-8(12)13)9-7(2)11/h4-5H,3,6H2,1-2H3,(H,9,11)(H,12,13). The molecule has 0 unspecified atom stereocenters. The van der Waals surface area contributed by atoms with Crippen molar-refractivity contribution in [2.45, 2.75) is 13.8 Å². The number of carbonyl (C=O) groups excluding carboxylic acids is 1. The highest BCUT2D eigenvalue weighted by atomic mass is 16.5. The Bertz CT molecular complexity index is 211. The van der Waals surface area contributed by atoms with E-state index in [4.69, 9.17) is 9.84 Å². The molecular weight excluding hydrogens is 188 g/mol. The molecule has 0 aromatic carbocycles. The summed E-state index contributed by atoms with van der Waals surface area (Å²) in [6.07, 6.45) is 2.66. The van der Waals surface area contributed by atoms with Crippen molar-refractivity contribution < 1.29 is 19.4 Å². The molecule has 0 spiro atoms. The SMILES string of the molecule is CCOC=CN(CC(=O)O)NC(C)=O. The molecular formula is C8H14N2O4. The van der Waals surface area contributed by atoms with E-state index in [0.717, 1.165) is 5.01 Å². The van der Waals surface area contributed by atoms with E-state index >= 15 is 0 Å². The number of hydrogen-bond acceptors (Lipinski definition) is 4. The monoisotopic (exact) mass is 202 g/mol. The van der Waals surface area contributed by atoms with Gasteiger partial charge in [-0.15, -0.1) is 0 Å². The molecule has 6 heteroatoms. The molecule has 0 radical (unpaired) electrons. The van der Waals surface area contributed by atoms with E-state index in [1.165, 1.54) is 19.4 Å². The fourth-order valence-electron chi connectivity index (χ4n) is 0.690. The van der Waals surface area contributed by atoms with Gasteiger partial charge in [0.25, 0.3) is 0 Å². The van der Waals surface area contributed by atoms with Crippen LogP contribution in [0.15, 0.2) is 12.5 Å². The lowest BCUT2D eigenvalue weighted by Gasteiger charge is -2.17. The molecule has 80 valence electrons. The molecule has 0 fully saturated rings. The Kier molecular flexibility index (Phi) is 5.93. The van der Waals surface area contributed by atoms with Crippen LogP contribution in [-0.4, -0.2) is 35.1 Å². The summed E-state index contributed by atoms with van der Waals surface area (Å²) in [5, 5.41) is 9.61. The number of amides is 1. The second-order valence-electron chi connectivity index (χ2n) is 2.43. The van der Waals surface area contributed by atoms with Crippen molar-refractivity contribution in [1.82, 2.24) is 10.4 Å². The zero-order valence-electron chi connectivity index (χ0n) is 8.19. The second-order valence-corrected chi connectivity index (χ2v) is 2.43. The van der Waals surface area contributed by atoms with E-state index in [9.17, 15) is 9.59 Å². The number of nitrogens with zero attached hydrogens (tertiary/aromatic N) is 1. The summed E-state index contributed by atoms with van der Waals surface area (Å²) < 4.78 is 4.86. The summed E-state index contributed by atoms with van der Waals surface area (Å²) >= 11 is 0. The van der Waals surface area contributed by atoms with Crippen molar-refractivity contribution in [3.8, 4) is 0 Å². The number of carbonyl (C=O) groups is 2. The number of ether oxygens (including phenoxy) is 1. The Labute approximate surface area is 82.1 Å². The first kappa shape index (κ1) is 12.3. The fraction of sp³-hybridized carbons (Fsp3) is 0.500. The average Bonchev–Trinajstić information content (AvgIpc) is 2.02. The van der Waals surface area contributed by atoms with E-state index in [-0.39, 0.29) is 12.5 Å². The van der Waals surface area contributed by atoms with Crippen molar-refractivity contribution in [1.29, 1.82) is 0 Å². The molecule has 0 aliphatic rings. The minimum atomic E-state index is -1.04. The Morgan fingerprint density at radius 1 is 1.57 bits per heavy atom. The third kappa shape index (κ3) is 6.96. The number of nitrogens with one attached hydrogen (secondary N) is 1. The van der Waals surface area contributed by atoms with Gasteiger partial charge in [0.05, 0.1) is 12.8 Å². The lowest BCUT2D eigenvalue weighted by Crippen LogP contribution is -2.40. The van der Waals surface area contributed by atoms with Gasteiger partial charge in [-0.1, -0.05) is 0 Å². The van der Waals surface area contributed by atoms with Crippen LogP contribution < -0.4 is 5.43 Å². The van der Waals surface area contributed by atoms with Gasteiger partial charge in [0.1, 0.15) is 12.8 Å². The topological polar surface area (TPSA) is 78.9 Å². The summed E-state index contributed by atoms with van der Waals surface area (Å²) in [5.74, 6) is -1.38. The molecule has 0 rings (SSSR count). The largest absolute Gasteiger partial charge is 0.500 e. The molecule has 0 aliphatic carbocycles. The van der Waals surface area contributed by atoms with E-state index in [2.05, 4.69) is 5.43 Å². The minimum absolute atomic E-state index is 0.316. The number of rotatable bonds is 6. The van der Waals surface area contributed by atoms with Crippen LogP contribution in [0.5, 0.6) is 0 Å². The maximum atomic E-state index is 10.6. The van der Waals surface area contributed by atoms with Gasteiger partial charge in [-0.25, -0.2) is 0 Å². The van der Waals surface area contributed by atoms with Gasteiger partial charge in [-0.2, -0.15) is 0 Å². The normalized spacial score (nSPS) is 9.86. The van der Waals surface area contributed by atoms with E-state index in [0.29, 0.717) is 6.61 Å². The zero-order valence-corrected chi connectivity index (χ0v) is 8.19. The number of hydrazine groups is 1. The summed E-state index contributed by atoms with van der Waals surface area (Å²) in [5.41, 5.74) is 2.32. The number of aliphatic carboxylic acids is 1. The van der Waals surface area contributed by atoms with Crippen LogP contribution in [0.4, 0.5) is 0 Å². The van der Waals surface area contributed by atoms with Crippen LogP contribution in [0.25, 0.3) is 0 Å². The van der Waals surface area contributed by atoms with E-state index in [1.54, 1.807) is 6.92 Å². The third-order valence-corrected chi connectivity index (χ3v) is 1.11. The Balaban J connectivity index is 4.09. The smallest absolute Gasteiger partial charge is 0.325 e. The molecule has 0 saturated heterocycles. The second kappa shape index (κ2) is 6.76. The average molecular weight is 202 g/mol. The molecule has 0 saturated carbocycles. The van der Waals surface area contributed by atoms with Gasteiger partial charge >= 0.3 is 5.97 Å². The van der Waals surface area contributed by atoms with Crippen LogP contribution in [0.2, 0.25) is 0 Å². The summed E-state index contributed by atoms with van der Waals surface area (Å²) in [6, 6.07) is 0. The first-order valence-electron chi connectivity index (χ1n) is 4.10. The first-order chi connectivity index (χ1) is 6.56. The molecule has 0 aliphatic heterocycles. The number of hydrogen-bond donors (Lipinski definition) is 2. The van der Waals surface area contributed by atoms with Crippen LogP contribution in [-0.2, 0) is 14.3 Å². The van der Waals surface area contributed by atoms with Gasteiger partial charge in [0, 0.05) is 6.92 Å². The van der Waals surface area contributed by atoms with Gasteiger partial charge in [0.2, 0.25) is 5.91 Å². The molecule has 0 aromatic rings. The molecule has 2 N–H and O–H groups in total. The zero-order chi connectivity index (χ0) is 11.0. The predicted octanol–water partition coefficient (Wildman–Crippen LogP) is -0.0682. The van der Waals surface area contributed by atoms with Crippen molar-refractivity contribution in [3.05, 3.63) is 12.5 Å². The van der Waals surface area contributed by atoms with Crippen molar-refractivity contribution in [2.75, 3.05) is 13.2 Å². The van der Waals surface area contributed by atoms with Gasteiger partial charge in [-0.05, 0) is 6.92 Å². The van der Waals surface area contributed by atoms with Crippen molar-refractivity contribution >= 4 is 11.9 Å². The third-order valence-electron chi connectivity index (χ3n) is 1.11. The first-order valence-corrected chi connectivity index (χ1v) is 4.10. The lowest BCUT2D eigenvalue weighted by atomic mass is 10.6. The minimum Gasteiger partial charge on any atom is -0.500 e. The van der Waals surface area contributed by atoms with Gasteiger partial charge < -0.3 is 9.84 Å². The highest BCUT2D eigenvalue weighted by molar-refractivity contribution is 5.74. The molecule has 14 heavy (non-hydrogen) atoms. The highest BCUT2D eigenvalue weighted by Crippen LogP contribution is 1.86. The Morgan fingerprint density at radius 2 is 2.21 bits per heavy atom. The van der Waals surface area contributed by atoms with Crippen LogP contribution in [0.3, 0.4) is 0 Å². The lowest BCUT2D eigenvalue weighted by molar-refractivity contribution is -0.139. The maximum absolute atomic E-state index is 10.6. The summed E-state index contributed by atoms with van der Waals surface area (Å²) in [7, 11) is 0. The number of carboxylic acids is 1.